The van der Waals surface area contributed by atoms with Crippen LogP contribution in [0.25, 0.3) is 0 Å². The van der Waals surface area contributed by atoms with Gasteiger partial charge < -0.3 is 5.73 Å². The van der Waals surface area contributed by atoms with Gasteiger partial charge in [-0.15, -0.1) is 0 Å². The van der Waals surface area contributed by atoms with Gasteiger partial charge in [0.25, 0.3) is 0 Å². The minimum atomic E-state index is -2.82. The molecule has 1 atom stereocenters. The van der Waals surface area contributed by atoms with Crippen molar-refractivity contribution >= 4 is 21.6 Å². The maximum absolute atomic E-state index is 10.9. The van der Waals surface area contributed by atoms with E-state index in [1.165, 1.54) is 6.26 Å². The highest BCUT2D eigenvalue weighted by atomic mass is 32.2. The molecule has 0 saturated carbocycles. The summed E-state index contributed by atoms with van der Waals surface area (Å²) in [4.78, 5) is 0. The molecule has 0 spiro atoms. The molecule has 5 heteroatoms. The van der Waals surface area contributed by atoms with Crippen molar-refractivity contribution in [1.29, 1.82) is 0 Å². The van der Waals surface area contributed by atoms with Gasteiger partial charge in [-0.1, -0.05) is 13.8 Å². The Morgan fingerprint density at radius 2 is 1.87 bits per heavy atom. The van der Waals surface area contributed by atoms with Gasteiger partial charge in [0.1, 0.15) is 9.84 Å². The van der Waals surface area contributed by atoms with E-state index >= 15 is 0 Å². The van der Waals surface area contributed by atoms with E-state index < -0.39 is 9.84 Å². The number of hydrogen-bond donors (Lipinski definition) is 1. The molecule has 0 aliphatic heterocycles. The summed E-state index contributed by atoms with van der Waals surface area (Å²) in [7, 11) is -2.82. The Labute approximate surface area is 98.1 Å². The summed E-state index contributed by atoms with van der Waals surface area (Å²) in [6.45, 7) is 4.37. The van der Waals surface area contributed by atoms with E-state index in [1.54, 1.807) is 0 Å². The van der Waals surface area contributed by atoms with E-state index in [0.29, 0.717) is 12.3 Å². The molecule has 0 rings (SSSR count). The lowest BCUT2D eigenvalue weighted by Gasteiger charge is -2.11. The van der Waals surface area contributed by atoms with Crippen LogP contribution in [0.15, 0.2) is 0 Å². The summed E-state index contributed by atoms with van der Waals surface area (Å²) in [5.74, 6) is 3.01. The van der Waals surface area contributed by atoms with Crippen LogP contribution in [0.1, 0.15) is 26.7 Å². The van der Waals surface area contributed by atoms with E-state index in [9.17, 15) is 8.42 Å². The van der Waals surface area contributed by atoms with Gasteiger partial charge in [0.15, 0.2) is 0 Å². The molecule has 1 unspecified atom stereocenters. The highest BCUT2D eigenvalue weighted by Gasteiger charge is 2.06. The van der Waals surface area contributed by atoms with Crippen LogP contribution in [0.4, 0.5) is 0 Å². The third kappa shape index (κ3) is 12.2. The maximum atomic E-state index is 10.9. The monoisotopic (exact) mass is 253 g/mol. The lowest BCUT2D eigenvalue weighted by Crippen LogP contribution is -2.24. The molecule has 0 aromatic heterocycles. The largest absolute Gasteiger partial charge is 0.327 e. The number of rotatable bonds is 8. The van der Waals surface area contributed by atoms with Gasteiger partial charge in [-0.05, 0) is 24.5 Å². The molecule has 2 N–H and O–H groups in total. The van der Waals surface area contributed by atoms with Crippen molar-refractivity contribution in [2.45, 2.75) is 32.7 Å². The smallest absolute Gasteiger partial charge is 0.147 e. The summed E-state index contributed by atoms with van der Waals surface area (Å²) in [6, 6.07) is 0.135. The predicted octanol–water partition coefficient (Wildman–Crippen LogP) is 1.53. The second kappa shape index (κ2) is 7.52. The fourth-order valence-corrected chi connectivity index (χ4v) is 2.91. The van der Waals surface area contributed by atoms with E-state index in [0.717, 1.165) is 17.9 Å². The molecule has 15 heavy (non-hydrogen) atoms. The molecule has 0 aliphatic rings. The average molecular weight is 253 g/mol. The molecule has 0 amide bonds. The van der Waals surface area contributed by atoms with Crippen molar-refractivity contribution in [2.24, 2.45) is 11.7 Å². The quantitative estimate of drug-likeness (QED) is 0.712. The Balaban J connectivity index is 3.45. The van der Waals surface area contributed by atoms with Crippen molar-refractivity contribution < 1.29 is 8.42 Å². The van der Waals surface area contributed by atoms with Crippen molar-refractivity contribution in [3.63, 3.8) is 0 Å². The van der Waals surface area contributed by atoms with Gasteiger partial charge in [-0.3, -0.25) is 0 Å². The van der Waals surface area contributed by atoms with E-state index in [-0.39, 0.29) is 11.8 Å². The van der Waals surface area contributed by atoms with Crippen LogP contribution in [-0.2, 0) is 9.84 Å². The fourth-order valence-electron chi connectivity index (χ4n) is 1.15. The van der Waals surface area contributed by atoms with Crippen molar-refractivity contribution in [2.75, 3.05) is 23.5 Å². The summed E-state index contributed by atoms with van der Waals surface area (Å²) >= 11 is 1.85. The zero-order valence-corrected chi connectivity index (χ0v) is 11.5. The molecule has 0 aromatic carbocycles. The summed E-state index contributed by atoms with van der Waals surface area (Å²) in [5.41, 5.74) is 5.87. The second-order valence-corrected chi connectivity index (χ2v) is 7.80. The van der Waals surface area contributed by atoms with E-state index in [4.69, 9.17) is 5.73 Å². The topological polar surface area (TPSA) is 60.2 Å². The Kier molecular flexibility index (Phi) is 7.65. The van der Waals surface area contributed by atoms with Gasteiger partial charge in [0.05, 0.1) is 0 Å². The average Bonchev–Trinajstić information content (AvgIpc) is 2.00. The SMILES string of the molecule is CC(C)CSCC(N)CCCS(C)(=O)=O. The summed E-state index contributed by atoms with van der Waals surface area (Å²) in [6.07, 6.45) is 2.76. The molecule has 92 valence electrons. The molecule has 0 aliphatic carbocycles. The number of hydrogen-bond acceptors (Lipinski definition) is 4. The Morgan fingerprint density at radius 1 is 1.27 bits per heavy atom. The van der Waals surface area contributed by atoms with E-state index in [2.05, 4.69) is 13.8 Å². The third-order valence-corrected chi connectivity index (χ3v) is 4.47. The fraction of sp³-hybridized carbons (Fsp3) is 1.00. The standard InChI is InChI=1S/C10H23NO2S2/c1-9(2)7-14-8-10(11)5-4-6-15(3,12)13/h9-10H,4-8,11H2,1-3H3. The van der Waals surface area contributed by atoms with E-state index in [1.807, 2.05) is 11.8 Å². The molecule has 0 fully saturated rings. The van der Waals surface area contributed by atoms with Crippen molar-refractivity contribution in [3.8, 4) is 0 Å². The first-order valence-corrected chi connectivity index (χ1v) is 8.54. The van der Waals surface area contributed by atoms with Crippen LogP contribution in [0.2, 0.25) is 0 Å². The van der Waals surface area contributed by atoms with Gasteiger partial charge in [-0.25, -0.2) is 8.42 Å². The van der Waals surface area contributed by atoms with Crippen LogP contribution >= 0.6 is 11.8 Å². The predicted molar refractivity (Wildman–Crippen MR) is 69.1 cm³/mol. The molecule has 0 saturated heterocycles. The van der Waals surface area contributed by atoms with Gasteiger partial charge in [0.2, 0.25) is 0 Å². The lowest BCUT2D eigenvalue weighted by molar-refractivity contribution is 0.591. The Morgan fingerprint density at radius 3 is 2.33 bits per heavy atom. The lowest BCUT2D eigenvalue weighted by atomic mass is 10.2. The van der Waals surface area contributed by atoms with Crippen molar-refractivity contribution in [1.82, 2.24) is 0 Å². The van der Waals surface area contributed by atoms with Gasteiger partial charge >= 0.3 is 0 Å². The molecule has 0 radical (unpaired) electrons. The molecular weight excluding hydrogens is 230 g/mol. The summed E-state index contributed by atoms with van der Waals surface area (Å²) < 4.78 is 21.7. The first-order valence-electron chi connectivity index (χ1n) is 5.32. The maximum Gasteiger partial charge on any atom is 0.147 e. The zero-order valence-electron chi connectivity index (χ0n) is 9.90. The third-order valence-electron chi connectivity index (χ3n) is 1.87. The van der Waals surface area contributed by atoms with Gasteiger partial charge in [-0.2, -0.15) is 11.8 Å². The van der Waals surface area contributed by atoms with Crippen LogP contribution in [0, 0.1) is 5.92 Å². The Bertz CT molecular complexity index is 250. The molecule has 0 aromatic rings. The van der Waals surface area contributed by atoms with Gasteiger partial charge in [0, 0.05) is 23.8 Å². The molecule has 0 heterocycles. The van der Waals surface area contributed by atoms with Crippen molar-refractivity contribution in [3.05, 3.63) is 0 Å². The first-order chi connectivity index (χ1) is 6.81. The number of thioether (sulfide) groups is 1. The van der Waals surface area contributed by atoms with Crippen LogP contribution < -0.4 is 5.73 Å². The second-order valence-electron chi connectivity index (χ2n) is 4.46. The Hall–Kier alpha value is 0.260. The highest BCUT2D eigenvalue weighted by molar-refractivity contribution is 7.99. The summed E-state index contributed by atoms with van der Waals surface area (Å²) in [5, 5.41) is 0. The molecular formula is C10H23NO2S2. The first kappa shape index (κ1) is 15.3. The number of nitrogens with two attached hydrogens (primary N) is 1. The minimum absolute atomic E-state index is 0.135. The van der Waals surface area contributed by atoms with Crippen LogP contribution in [0.3, 0.4) is 0 Å². The normalized spacial score (nSPS) is 14.5. The molecule has 3 nitrogen and oxygen atoms in total. The molecule has 0 bridgehead atoms. The minimum Gasteiger partial charge on any atom is -0.327 e. The highest BCUT2D eigenvalue weighted by Crippen LogP contribution is 2.10. The number of sulfone groups is 1. The zero-order chi connectivity index (χ0) is 11.9. The van der Waals surface area contributed by atoms with Crippen LogP contribution in [-0.4, -0.2) is 38.0 Å². The van der Waals surface area contributed by atoms with Crippen LogP contribution in [0.5, 0.6) is 0 Å².